The number of carbonyl (C=O) groups is 1. The van der Waals surface area contributed by atoms with E-state index in [1.165, 1.54) is 19.3 Å². The zero-order valence-electron chi connectivity index (χ0n) is 16.8. The number of nitrogens with zero attached hydrogens (tertiary/aromatic N) is 2. The largest absolute Gasteiger partial charge is 0.384 e. The fourth-order valence-corrected chi connectivity index (χ4v) is 3.63. The van der Waals surface area contributed by atoms with Gasteiger partial charge in [-0.25, -0.2) is 9.97 Å². The molecule has 0 radical (unpaired) electrons. The van der Waals surface area contributed by atoms with Gasteiger partial charge >= 0.3 is 0 Å². The normalized spacial score (nSPS) is 15.2. The predicted molar refractivity (Wildman–Crippen MR) is 114 cm³/mol. The van der Waals surface area contributed by atoms with Crippen molar-refractivity contribution in [3.8, 4) is 11.3 Å². The Morgan fingerprint density at radius 2 is 1.86 bits per heavy atom. The lowest BCUT2D eigenvalue weighted by Crippen LogP contribution is -2.05. The average molecular weight is 374 g/mol. The number of rotatable bonds is 2. The molecule has 1 atom stereocenters. The maximum absolute atomic E-state index is 11.3. The number of fused-ring (bicyclic) bond motifs is 1. The molecule has 1 heterocycles. The number of aryl methyl sites for hydroxylation is 2. The number of aromatic nitrogens is 2. The quantitative estimate of drug-likeness (QED) is 0.614. The van der Waals surface area contributed by atoms with Gasteiger partial charge in [-0.3, -0.25) is 4.79 Å². The van der Waals surface area contributed by atoms with Crippen molar-refractivity contribution in [2.45, 2.75) is 46.0 Å². The second-order valence-corrected chi connectivity index (χ2v) is 7.35. The van der Waals surface area contributed by atoms with Crippen LogP contribution in [-0.2, 0) is 6.42 Å². The molecule has 2 aromatic carbocycles. The first-order chi connectivity index (χ1) is 13.4. The number of hydrogen-bond acceptors (Lipinski definition) is 4. The van der Waals surface area contributed by atoms with Gasteiger partial charge in [0, 0.05) is 17.2 Å². The lowest BCUT2D eigenvalue weighted by atomic mass is 9.84. The molecule has 1 unspecified atom stereocenters. The van der Waals surface area contributed by atoms with E-state index in [1.54, 1.807) is 37.1 Å². The van der Waals surface area contributed by atoms with Crippen molar-refractivity contribution in [3.05, 3.63) is 77.1 Å². The van der Waals surface area contributed by atoms with Gasteiger partial charge < -0.3 is 5.73 Å². The number of benzene rings is 2. The van der Waals surface area contributed by atoms with Crippen molar-refractivity contribution >= 4 is 11.6 Å². The van der Waals surface area contributed by atoms with Crippen molar-refractivity contribution in [2.24, 2.45) is 0 Å². The molecule has 28 heavy (non-hydrogen) atoms. The third-order valence-corrected chi connectivity index (χ3v) is 5.09. The number of nitrogen functional groups attached to an aromatic ring is 1. The number of hydrogen-bond donors (Lipinski definition) is 1. The molecular weight excluding hydrogens is 346 g/mol. The summed E-state index contributed by atoms with van der Waals surface area (Å²) in [6.45, 7) is 5.66. The van der Waals surface area contributed by atoms with Crippen LogP contribution in [0, 0.1) is 6.92 Å². The number of anilines is 1. The first kappa shape index (κ1) is 19.7. The van der Waals surface area contributed by atoms with Crippen LogP contribution in [-0.4, -0.2) is 15.8 Å². The monoisotopic (exact) mass is 373 g/mol. The van der Waals surface area contributed by atoms with E-state index in [0.717, 1.165) is 17.2 Å². The van der Waals surface area contributed by atoms with Crippen molar-refractivity contribution in [2.75, 3.05) is 5.73 Å². The molecule has 0 spiro atoms. The van der Waals surface area contributed by atoms with Gasteiger partial charge in [-0.2, -0.15) is 0 Å². The van der Waals surface area contributed by atoms with E-state index in [2.05, 4.69) is 41.2 Å². The minimum atomic E-state index is 0.0330. The molecule has 0 aliphatic heterocycles. The van der Waals surface area contributed by atoms with Gasteiger partial charge in [0.2, 0.25) is 0 Å². The van der Waals surface area contributed by atoms with Crippen LogP contribution in [0.15, 0.2) is 54.6 Å². The molecule has 2 N–H and O–H groups in total. The van der Waals surface area contributed by atoms with Crippen LogP contribution >= 0.6 is 0 Å². The van der Waals surface area contributed by atoms with E-state index >= 15 is 0 Å². The van der Waals surface area contributed by atoms with Crippen LogP contribution < -0.4 is 5.73 Å². The molecule has 0 bridgehead atoms. The van der Waals surface area contributed by atoms with Crippen LogP contribution in [0.4, 0.5) is 5.82 Å². The number of Topliss-reactive ketones (excluding diaryl/α,β-unsaturated/α-hetero) is 1. The van der Waals surface area contributed by atoms with Gasteiger partial charge in [-0.05, 0) is 56.2 Å². The minimum Gasteiger partial charge on any atom is -0.384 e. The molecule has 4 heteroatoms. The van der Waals surface area contributed by atoms with Crippen molar-refractivity contribution in [1.82, 2.24) is 9.97 Å². The van der Waals surface area contributed by atoms with Crippen molar-refractivity contribution in [3.63, 3.8) is 0 Å². The smallest absolute Gasteiger partial charge is 0.159 e. The van der Waals surface area contributed by atoms with Crippen molar-refractivity contribution in [1.29, 1.82) is 0 Å². The molecule has 0 saturated heterocycles. The molecular formula is C24H27N3O. The highest BCUT2D eigenvalue weighted by molar-refractivity contribution is 5.95. The molecule has 144 valence electrons. The molecule has 4 nitrogen and oxygen atoms in total. The fourth-order valence-electron chi connectivity index (χ4n) is 3.63. The number of ketones is 1. The van der Waals surface area contributed by atoms with Gasteiger partial charge in [0.05, 0.1) is 5.69 Å². The highest BCUT2D eigenvalue weighted by Gasteiger charge is 2.14. The van der Waals surface area contributed by atoms with Crippen LogP contribution in [0.1, 0.15) is 59.9 Å². The molecule has 1 aromatic heterocycles. The Labute approximate surface area is 166 Å². The standard InChI is InChI=1S/C13H13N3O.C11H14/c1-8(17)10-4-3-5-11(6-10)12-7-13(14)16-9(2)15-12;1-9-5-4-7-10-6-2-3-8-11(9)10/h3-7H,1-2H3,(H2,14,15,16);2-3,6,8-9H,4-5,7H2,1H3. The molecule has 0 amide bonds. The first-order valence-electron chi connectivity index (χ1n) is 9.74. The molecule has 0 fully saturated rings. The van der Waals surface area contributed by atoms with E-state index < -0.39 is 0 Å². The first-order valence-corrected chi connectivity index (χ1v) is 9.74. The second-order valence-electron chi connectivity index (χ2n) is 7.35. The van der Waals surface area contributed by atoms with E-state index in [1.807, 2.05) is 18.2 Å². The second kappa shape index (κ2) is 8.79. The van der Waals surface area contributed by atoms with Gasteiger partial charge in [0.1, 0.15) is 11.6 Å². The maximum Gasteiger partial charge on any atom is 0.159 e. The van der Waals surface area contributed by atoms with Gasteiger partial charge in [0.25, 0.3) is 0 Å². The Bertz CT molecular complexity index is 961. The summed E-state index contributed by atoms with van der Waals surface area (Å²) in [4.78, 5) is 19.6. The highest BCUT2D eigenvalue weighted by Crippen LogP contribution is 2.30. The molecule has 4 rings (SSSR count). The SMILES string of the molecule is CC(=O)c1cccc(-c2cc(N)nc(C)n2)c1.CC1CCCc2ccccc21. The summed E-state index contributed by atoms with van der Waals surface area (Å²) >= 11 is 0. The minimum absolute atomic E-state index is 0.0330. The van der Waals surface area contributed by atoms with Crippen LogP contribution in [0.25, 0.3) is 11.3 Å². The summed E-state index contributed by atoms with van der Waals surface area (Å²) in [7, 11) is 0. The Morgan fingerprint density at radius 3 is 2.57 bits per heavy atom. The number of nitrogens with two attached hydrogens (primary N) is 1. The van der Waals surface area contributed by atoms with E-state index in [-0.39, 0.29) is 5.78 Å². The average Bonchev–Trinajstić information content (AvgIpc) is 2.68. The van der Waals surface area contributed by atoms with Gasteiger partial charge in [-0.1, -0.05) is 49.4 Å². The zero-order valence-corrected chi connectivity index (χ0v) is 16.8. The molecule has 1 aliphatic rings. The summed E-state index contributed by atoms with van der Waals surface area (Å²) in [5, 5.41) is 0. The summed E-state index contributed by atoms with van der Waals surface area (Å²) in [6, 6.07) is 17.9. The third-order valence-electron chi connectivity index (χ3n) is 5.09. The fraction of sp³-hybridized carbons (Fsp3) is 0.292. The zero-order chi connectivity index (χ0) is 20.1. The van der Waals surface area contributed by atoms with Crippen LogP contribution in [0.2, 0.25) is 0 Å². The predicted octanol–water partition coefficient (Wildman–Crippen LogP) is 5.36. The summed E-state index contributed by atoms with van der Waals surface area (Å²) in [5.41, 5.74) is 11.1. The van der Waals surface area contributed by atoms with E-state index in [9.17, 15) is 4.79 Å². The van der Waals surface area contributed by atoms with E-state index in [0.29, 0.717) is 17.2 Å². The highest BCUT2D eigenvalue weighted by atomic mass is 16.1. The van der Waals surface area contributed by atoms with Crippen LogP contribution in [0.5, 0.6) is 0 Å². The summed E-state index contributed by atoms with van der Waals surface area (Å²) in [5.74, 6) is 1.87. The van der Waals surface area contributed by atoms with Crippen molar-refractivity contribution < 1.29 is 4.79 Å². The maximum atomic E-state index is 11.3. The summed E-state index contributed by atoms with van der Waals surface area (Å²) in [6.07, 6.45) is 4.04. The lowest BCUT2D eigenvalue weighted by Gasteiger charge is -2.21. The Hall–Kier alpha value is -3.01. The third kappa shape index (κ3) is 4.83. The summed E-state index contributed by atoms with van der Waals surface area (Å²) < 4.78 is 0. The Morgan fingerprint density at radius 1 is 1.07 bits per heavy atom. The molecule has 3 aromatic rings. The Kier molecular flexibility index (Phi) is 6.19. The van der Waals surface area contributed by atoms with Gasteiger partial charge in [0.15, 0.2) is 5.78 Å². The van der Waals surface area contributed by atoms with Gasteiger partial charge in [-0.15, -0.1) is 0 Å². The lowest BCUT2D eigenvalue weighted by molar-refractivity contribution is 0.101. The topological polar surface area (TPSA) is 68.9 Å². The number of carbonyl (C=O) groups excluding carboxylic acids is 1. The molecule has 1 aliphatic carbocycles. The molecule has 0 saturated carbocycles. The Balaban J connectivity index is 0.000000176. The van der Waals surface area contributed by atoms with E-state index in [4.69, 9.17) is 5.73 Å². The van der Waals surface area contributed by atoms with Crippen LogP contribution in [0.3, 0.4) is 0 Å².